The molecule has 0 radical (unpaired) electrons. The summed E-state index contributed by atoms with van der Waals surface area (Å²) < 4.78 is 5.97. The maximum absolute atomic E-state index is 12.1. The van der Waals surface area contributed by atoms with E-state index in [0.29, 0.717) is 12.2 Å². The molecule has 4 rings (SSSR count). The fourth-order valence-corrected chi connectivity index (χ4v) is 2.95. The molecule has 1 aliphatic heterocycles. The van der Waals surface area contributed by atoms with Gasteiger partial charge in [0.05, 0.1) is 12.2 Å². The van der Waals surface area contributed by atoms with Crippen LogP contribution in [0.15, 0.2) is 28.9 Å². The van der Waals surface area contributed by atoms with Gasteiger partial charge in [-0.15, -0.1) is 5.10 Å². The van der Waals surface area contributed by atoms with Crippen LogP contribution in [-0.2, 0) is 13.0 Å². The molecule has 2 aromatic heterocycles. The number of anilines is 2. The average Bonchev–Trinajstić information content (AvgIpc) is 3.34. The smallest absolute Gasteiger partial charge is 0.287 e. The molecule has 0 fully saturated rings. The number of amides is 1. The van der Waals surface area contributed by atoms with Crippen LogP contribution < -0.4 is 21.9 Å². The van der Waals surface area contributed by atoms with Gasteiger partial charge in [-0.3, -0.25) is 10.2 Å². The summed E-state index contributed by atoms with van der Waals surface area (Å²) in [7, 11) is 0. The molecule has 11 nitrogen and oxygen atoms in total. The molecular formula is C14H15N9O2. The van der Waals surface area contributed by atoms with E-state index in [1.54, 1.807) is 0 Å². The van der Waals surface area contributed by atoms with Crippen LogP contribution in [0.2, 0.25) is 0 Å². The lowest BCUT2D eigenvalue weighted by atomic mass is 10.2. The third-order valence-electron chi connectivity index (χ3n) is 4.13. The zero-order valence-electron chi connectivity index (χ0n) is 13.1. The van der Waals surface area contributed by atoms with Gasteiger partial charge >= 0.3 is 0 Å². The van der Waals surface area contributed by atoms with E-state index in [4.69, 9.17) is 11.6 Å². The number of carbonyl (C=O) groups is 1. The van der Waals surface area contributed by atoms with E-state index < -0.39 is 5.91 Å². The Labute approximate surface area is 141 Å². The van der Waals surface area contributed by atoms with Crippen molar-refractivity contribution in [2.45, 2.75) is 13.0 Å². The summed E-state index contributed by atoms with van der Waals surface area (Å²) in [6.45, 7) is 1.18. The van der Waals surface area contributed by atoms with Crippen LogP contribution in [0.25, 0.3) is 5.82 Å². The lowest BCUT2D eigenvalue weighted by Crippen LogP contribution is -2.32. The Bertz CT molecular complexity index is 932. The second-order valence-corrected chi connectivity index (χ2v) is 5.54. The summed E-state index contributed by atoms with van der Waals surface area (Å²) in [5.74, 6) is 4.92. The lowest BCUT2D eigenvalue weighted by Gasteiger charge is -2.19. The van der Waals surface area contributed by atoms with E-state index in [0.717, 1.165) is 18.7 Å². The van der Waals surface area contributed by atoms with Crippen LogP contribution in [0, 0.1) is 0 Å². The van der Waals surface area contributed by atoms with Gasteiger partial charge in [-0.05, 0) is 28.4 Å². The van der Waals surface area contributed by atoms with Gasteiger partial charge in [0.1, 0.15) is 0 Å². The van der Waals surface area contributed by atoms with Gasteiger partial charge in [-0.1, -0.05) is 23.4 Å². The largest absolute Gasteiger partial charge is 0.378 e. The quantitative estimate of drug-likeness (QED) is 0.320. The van der Waals surface area contributed by atoms with Crippen molar-refractivity contribution in [3.05, 3.63) is 41.2 Å². The van der Waals surface area contributed by atoms with Crippen molar-refractivity contribution in [2.75, 3.05) is 17.2 Å². The van der Waals surface area contributed by atoms with E-state index in [1.165, 1.54) is 10.2 Å². The molecule has 5 N–H and O–H groups in total. The van der Waals surface area contributed by atoms with Crippen molar-refractivity contribution in [2.24, 2.45) is 5.84 Å². The number of benzene rings is 1. The molecule has 11 heteroatoms. The molecule has 25 heavy (non-hydrogen) atoms. The highest BCUT2D eigenvalue weighted by Crippen LogP contribution is 2.29. The Kier molecular flexibility index (Phi) is 3.54. The number of aromatic nitrogens is 5. The molecule has 1 aliphatic rings. The minimum atomic E-state index is -0.552. The monoisotopic (exact) mass is 341 g/mol. The van der Waals surface area contributed by atoms with E-state index in [-0.39, 0.29) is 17.3 Å². The number of carbonyl (C=O) groups excluding carboxylic acids is 1. The number of nitrogens with two attached hydrogens (primary N) is 2. The fraction of sp³-hybridized carbons (Fsp3) is 0.214. The molecule has 3 aromatic rings. The minimum Gasteiger partial charge on any atom is -0.378 e. The number of nitrogen functional groups attached to an aromatic ring is 2. The predicted molar refractivity (Wildman–Crippen MR) is 86.5 cm³/mol. The lowest BCUT2D eigenvalue weighted by molar-refractivity contribution is 0.0947. The summed E-state index contributed by atoms with van der Waals surface area (Å²) in [5.41, 5.74) is 10.7. The van der Waals surface area contributed by atoms with Gasteiger partial charge in [0.25, 0.3) is 5.91 Å². The number of para-hydroxylation sites is 1. The van der Waals surface area contributed by atoms with Crippen LogP contribution in [0.5, 0.6) is 0 Å². The standard InChI is InChI=1S/C14H15N9O2/c15-12-13(20-25-19-12)23-10(11(18-21-23)14(24)17-16)7-22-6-5-8-3-1-2-4-9(8)22/h1-4H,5-7,16H2,(H2,15,19)(H,17,24). The molecule has 0 aliphatic carbocycles. The predicted octanol–water partition coefficient (Wildman–Crippen LogP) is -0.601. The number of rotatable bonds is 4. The van der Waals surface area contributed by atoms with Gasteiger partial charge in [-0.25, -0.2) is 10.5 Å². The number of hydrogen-bond donors (Lipinski definition) is 3. The van der Waals surface area contributed by atoms with Crippen LogP contribution in [0.4, 0.5) is 11.5 Å². The normalized spacial score (nSPS) is 13.1. The molecule has 0 saturated carbocycles. The third kappa shape index (κ3) is 2.46. The summed E-state index contributed by atoms with van der Waals surface area (Å²) in [6.07, 6.45) is 0.920. The Morgan fingerprint density at radius 1 is 1.32 bits per heavy atom. The summed E-state index contributed by atoms with van der Waals surface area (Å²) in [6, 6.07) is 8.09. The first kappa shape index (κ1) is 15.1. The first-order valence-corrected chi connectivity index (χ1v) is 7.56. The molecule has 1 amide bonds. The molecule has 0 atom stereocenters. The van der Waals surface area contributed by atoms with Crippen LogP contribution in [-0.4, -0.2) is 37.8 Å². The number of hydrogen-bond acceptors (Lipinski definition) is 9. The summed E-state index contributed by atoms with van der Waals surface area (Å²) in [4.78, 5) is 14.2. The second kappa shape index (κ2) is 5.87. The molecule has 1 aromatic carbocycles. The Morgan fingerprint density at radius 3 is 2.92 bits per heavy atom. The first-order chi connectivity index (χ1) is 12.2. The van der Waals surface area contributed by atoms with Crippen LogP contribution in [0.1, 0.15) is 21.7 Å². The van der Waals surface area contributed by atoms with Gasteiger partial charge in [0, 0.05) is 12.2 Å². The number of fused-ring (bicyclic) bond motifs is 1. The van der Waals surface area contributed by atoms with Crippen molar-refractivity contribution >= 4 is 17.4 Å². The molecule has 0 unspecified atom stereocenters. The molecule has 3 heterocycles. The molecule has 0 spiro atoms. The fourth-order valence-electron chi connectivity index (χ4n) is 2.95. The van der Waals surface area contributed by atoms with Gasteiger partial charge in [0.2, 0.25) is 11.6 Å². The van der Waals surface area contributed by atoms with Crippen molar-refractivity contribution in [3.8, 4) is 5.82 Å². The van der Waals surface area contributed by atoms with Gasteiger partial charge in [0.15, 0.2) is 5.69 Å². The van der Waals surface area contributed by atoms with E-state index in [9.17, 15) is 4.79 Å². The van der Waals surface area contributed by atoms with Crippen LogP contribution >= 0.6 is 0 Å². The Hall–Kier alpha value is -3.47. The highest BCUT2D eigenvalue weighted by molar-refractivity contribution is 5.93. The van der Waals surface area contributed by atoms with Gasteiger partial charge < -0.3 is 10.6 Å². The maximum Gasteiger partial charge on any atom is 0.287 e. The number of hydrazine groups is 1. The highest BCUT2D eigenvalue weighted by Gasteiger charge is 2.27. The zero-order valence-corrected chi connectivity index (χ0v) is 13.1. The summed E-state index contributed by atoms with van der Waals surface area (Å²) >= 11 is 0. The van der Waals surface area contributed by atoms with E-state index in [2.05, 4.69) is 41.6 Å². The molecular weight excluding hydrogens is 326 g/mol. The first-order valence-electron chi connectivity index (χ1n) is 7.56. The third-order valence-corrected chi connectivity index (χ3v) is 4.13. The van der Waals surface area contributed by atoms with Crippen molar-refractivity contribution in [1.29, 1.82) is 0 Å². The van der Waals surface area contributed by atoms with E-state index >= 15 is 0 Å². The molecule has 0 bridgehead atoms. The van der Waals surface area contributed by atoms with Crippen molar-refractivity contribution in [1.82, 2.24) is 30.7 Å². The van der Waals surface area contributed by atoms with Gasteiger partial charge in [-0.2, -0.15) is 4.68 Å². The summed E-state index contributed by atoms with van der Waals surface area (Å²) in [5, 5.41) is 15.2. The highest BCUT2D eigenvalue weighted by atomic mass is 16.6. The van der Waals surface area contributed by atoms with Crippen molar-refractivity contribution in [3.63, 3.8) is 0 Å². The van der Waals surface area contributed by atoms with E-state index in [1.807, 2.05) is 18.2 Å². The average molecular weight is 341 g/mol. The second-order valence-electron chi connectivity index (χ2n) is 5.54. The SMILES string of the molecule is NNC(=O)c1nnn(-c2nonc2N)c1CN1CCc2ccccc21. The Morgan fingerprint density at radius 2 is 2.16 bits per heavy atom. The molecule has 0 saturated heterocycles. The topological polar surface area (TPSA) is 154 Å². The number of nitrogens with zero attached hydrogens (tertiary/aromatic N) is 6. The van der Waals surface area contributed by atoms with Crippen LogP contribution in [0.3, 0.4) is 0 Å². The maximum atomic E-state index is 12.1. The minimum absolute atomic E-state index is 0.0488. The number of nitrogens with one attached hydrogen (secondary N) is 1. The molecule has 128 valence electrons. The van der Waals surface area contributed by atoms with Crippen molar-refractivity contribution < 1.29 is 9.42 Å². The Balaban J connectivity index is 1.76. The zero-order chi connectivity index (χ0) is 17.4.